The van der Waals surface area contributed by atoms with Crippen LogP contribution in [-0.4, -0.2) is 55.1 Å². The highest BCUT2D eigenvalue weighted by atomic mass is 32.2. The van der Waals surface area contributed by atoms with Crippen molar-refractivity contribution < 1.29 is 18.0 Å². The predicted molar refractivity (Wildman–Crippen MR) is 125 cm³/mol. The van der Waals surface area contributed by atoms with E-state index in [9.17, 15) is 18.0 Å². The van der Waals surface area contributed by atoms with E-state index in [-0.39, 0.29) is 16.7 Å². The quantitative estimate of drug-likeness (QED) is 0.687. The third-order valence-electron chi connectivity index (χ3n) is 5.83. The largest absolute Gasteiger partial charge is 0.339 e. The SMILES string of the molecule is CCN(CC)C(=O)c1ccc(NC(=O)[C@@H]2CCCCN2S(=O)(=O)c2ccc(C)cc2)cc1. The minimum atomic E-state index is -3.78. The van der Waals surface area contributed by atoms with E-state index in [4.69, 9.17) is 0 Å². The van der Waals surface area contributed by atoms with Gasteiger partial charge in [-0.05, 0) is 70.0 Å². The molecule has 1 heterocycles. The maximum atomic E-state index is 13.2. The monoisotopic (exact) mass is 457 g/mol. The molecule has 0 spiro atoms. The molecule has 1 aliphatic rings. The van der Waals surface area contributed by atoms with Crippen molar-refractivity contribution in [1.82, 2.24) is 9.21 Å². The number of nitrogens with one attached hydrogen (secondary N) is 1. The van der Waals surface area contributed by atoms with E-state index < -0.39 is 16.1 Å². The first-order valence-electron chi connectivity index (χ1n) is 11.1. The van der Waals surface area contributed by atoms with E-state index >= 15 is 0 Å². The Hall–Kier alpha value is -2.71. The van der Waals surface area contributed by atoms with Crippen LogP contribution in [0.1, 0.15) is 49.0 Å². The van der Waals surface area contributed by atoms with Crippen molar-refractivity contribution in [3.05, 3.63) is 59.7 Å². The van der Waals surface area contributed by atoms with Crippen molar-refractivity contribution in [2.75, 3.05) is 25.0 Å². The van der Waals surface area contributed by atoms with Gasteiger partial charge in [-0.15, -0.1) is 0 Å². The summed E-state index contributed by atoms with van der Waals surface area (Å²) < 4.78 is 27.7. The Labute approximate surface area is 190 Å². The fourth-order valence-electron chi connectivity index (χ4n) is 3.92. The van der Waals surface area contributed by atoms with Gasteiger partial charge >= 0.3 is 0 Å². The topological polar surface area (TPSA) is 86.8 Å². The van der Waals surface area contributed by atoms with Gasteiger partial charge in [0, 0.05) is 30.9 Å². The first-order chi connectivity index (χ1) is 15.3. The maximum Gasteiger partial charge on any atom is 0.253 e. The third-order valence-corrected chi connectivity index (χ3v) is 7.76. The van der Waals surface area contributed by atoms with Crippen molar-refractivity contribution in [3.63, 3.8) is 0 Å². The highest BCUT2D eigenvalue weighted by molar-refractivity contribution is 7.89. The molecule has 1 fully saturated rings. The summed E-state index contributed by atoms with van der Waals surface area (Å²) in [6.45, 7) is 7.31. The van der Waals surface area contributed by atoms with E-state index in [0.717, 1.165) is 18.4 Å². The van der Waals surface area contributed by atoms with Crippen LogP contribution in [0.2, 0.25) is 0 Å². The van der Waals surface area contributed by atoms with Crippen molar-refractivity contribution in [1.29, 1.82) is 0 Å². The molecule has 3 rings (SSSR count). The van der Waals surface area contributed by atoms with Crippen LogP contribution in [0.3, 0.4) is 0 Å². The van der Waals surface area contributed by atoms with Crippen LogP contribution in [0.4, 0.5) is 5.69 Å². The normalized spacial score (nSPS) is 17.0. The molecule has 1 atom stereocenters. The maximum absolute atomic E-state index is 13.2. The van der Waals surface area contributed by atoms with E-state index in [2.05, 4.69) is 5.32 Å². The fraction of sp³-hybridized carbons (Fsp3) is 0.417. The molecule has 0 aliphatic carbocycles. The van der Waals surface area contributed by atoms with Crippen LogP contribution in [0.25, 0.3) is 0 Å². The van der Waals surface area contributed by atoms with E-state index in [1.165, 1.54) is 4.31 Å². The van der Waals surface area contributed by atoms with Crippen molar-refractivity contribution in [2.45, 2.75) is 51.0 Å². The Bertz CT molecular complexity index is 1050. The Morgan fingerprint density at radius 3 is 2.22 bits per heavy atom. The smallest absolute Gasteiger partial charge is 0.253 e. The number of hydrogen-bond acceptors (Lipinski definition) is 4. The van der Waals surface area contributed by atoms with Crippen LogP contribution < -0.4 is 5.32 Å². The second-order valence-electron chi connectivity index (χ2n) is 7.98. The molecule has 2 aromatic rings. The summed E-state index contributed by atoms with van der Waals surface area (Å²) >= 11 is 0. The second-order valence-corrected chi connectivity index (χ2v) is 9.87. The molecule has 0 saturated carbocycles. The summed E-state index contributed by atoms with van der Waals surface area (Å²) in [6, 6.07) is 12.6. The van der Waals surface area contributed by atoms with E-state index in [1.807, 2.05) is 20.8 Å². The number of rotatable bonds is 7. The Balaban J connectivity index is 1.75. The molecule has 1 N–H and O–H groups in total. The fourth-order valence-corrected chi connectivity index (χ4v) is 5.57. The van der Waals surface area contributed by atoms with Crippen LogP contribution >= 0.6 is 0 Å². The number of nitrogens with zero attached hydrogens (tertiary/aromatic N) is 2. The molecule has 0 radical (unpaired) electrons. The molecule has 2 aromatic carbocycles. The lowest BCUT2D eigenvalue weighted by Crippen LogP contribution is -2.49. The molecule has 2 amide bonds. The van der Waals surface area contributed by atoms with Gasteiger partial charge in [0.05, 0.1) is 4.90 Å². The number of sulfonamides is 1. The Morgan fingerprint density at radius 1 is 1.00 bits per heavy atom. The number of amides is 2. The summed E-state index contributed by atoms with van der Waals surface area (Å²) in [7, 11) is -3.78. The van der Waals surface area contributed by atoms with Crippen LogP contribution in [0.5, 0.6) is 0 Å². The molecular formula is C24H31N3O4S. The number of hydrogen-bond donors (Lipinski definition) is 1. The lowest BCUT2D eigenvalue weighted by Gasteiger charge is -2.33. The van der Waals surface area contributed by atoms with Gasteiger partial charge in [-0.2, -0.15) is 4.31 Å². The zero-order valence-corrected chi connectivity index (χ0v) is 19.7. The van der Waals surface area contributed by atoms with Gasteiger partial charge in [0.2, 0.25) is 15.9 Å². The molecule has 1 saturated heterocycles. The van der Waals surface area contributed by atoms with Gasteiger partial charge < -0.3 is 10.2 Å². The number of carbonyl (C=O) groups excluding carboxylic acids is 2. The molecule has 7 nitrogen and oxygen atoms in total. The summed E-state index contributed by atoms with van der Waals surface area (Å²) in [5.74, 6) is -0.418. The molecule has 0 aromatic heterocycles. The average Bonchev–Trinajstić information content (AvgIpc) is 2.80. The molecule has 172 valence electrons. The number of benzene rings is 2. The van der Waals surface area contributed by atoms with Gasteiger partial charge in [0.15, 0.2) is 0 Å². The minimum Gasteiger partial charge on any atom is -0.339 e. The molecular weight excluding hydrogens is 426 g/mol. The van der Waals surface area contributed by atoms with Gasteiger partial charge in [0.1, 0.15) is 6.04 Å². The Kier molecular flexibility index (Phi) is 7.69. The van der Waals surface area contributed by atoms with Crippen molar-refractivity contribution in [3.8, 4) is 0 Å². The molecule has 8 heteroatoms. The molecule has 0 unspecified atom stereocenters. The highest BCUT2D eigenvalue weighted by Crippen LogP contribution is 2.26. The van der Waals surface area contributed by atoms with Gasteiger partial charge in [0.25, 0.3) is 5.91 Å². The summed E-state index contributed by atoms with van der Waals surface area (Å²) in [5, 5.41) is 2.83. The number of carbonyl (C=O) groups is 2. The van der Waals surface area contributed by atoms with Crippen molar-refractivity contribution >= 4 is 27.5 Å². The van der Waals surface area contributed by atoms with Crippen LogP contribution in [-0.2, 0) is 14.8 Å². The molecule has 32 heavy (non-hydrogen) atoms. The first-order valence-corrected chi connectivity index (χ1v) is 12.5. The minimum absolute atomic E-state index is 0.0597. The molecule has 0 bridgehead atoms. The van der Waals surface area contributed by atoms with E-state index in [0.29, 0.717) is 37.3 Å². The zero-order valence-electron chi connectivity index (χ0n) is 18.9. The predicted octanol–water partition coefficient (Wildman–Crippen LogP) is 3.66. The first kappa shape index (κ1) is 23.9. The van der Waals surface area contributed by atoms with Crippen molar-refractivity contribution in [2.24, 2.45) is 0 Å². The van der Waals surface area contributed by atoms with Gasteiger partial charge in [-0.1, -0.05) is 24.1 Å². The average molecular weight is 458 g/mol. The summed E-state index contributed by atoms with van der Waals surface area (Å²) in [5.41, 5.74) is 2.05. The van der Waals surface area contributed by atoms with Crippen LogP contribution in [0.15, 0.2) is 53.4 Å². The van der Waals surface area contributed by atoms with Gasteiger partial charge in [-0.25, -0.2) is 8.42 Å². The highest BCUT2D eigenvalue weighted by Gasteiger charge is 2.37. The Morgan fingerprint density at radius 2 is 1.62 bits per heavy atom. The second kappa shape index (κ2) is 10.3. The number of aryl methyl sites for hydroxylation is 1. The van der Waals surface area contributed by atoms with E-state index in [1.54, 1.807) is 53.4 Å². The molecule has 1 aliphatic heterocycles. The number of anilines is 1. The third kappa shape index (κ3) is 5.19. The summed E-state index contributed by atoms with van der Waals surface area (Å²) in [4.78, 5) is 27.4. The van der Waals surface area contributed by atoms with Gasteiger partial charge in [-0.3, -0.25) is 9.59 Å². The zero-order chi connectivity index (χ0) is 23.3. The summed E-state index contributed by atoms with van der Waals surface area (Å²) in [6.07, 6.45) is 1.97. The number of piperidine rings is 1. The lowest BCUT2D eigenvalue weighted by molar-refractivity contribution is -0.120. The lowest BCUT2D eigenvalue weighted by atomic mass is 10.0. The standard InChI is InChI=1S/C24H31N3O4S/c1-4-26(5-2)24(29)19-11-13-20(14-12-19)25-23(28)22-8-6-7-17-27(22)32(30,31)21-15-9-18(3)10-16-21/h9-16,22H,4-8,17H2,1-3H3,(H,25,28)/t22-/m0/s1. The van der Waals surface area contributed by atoms with Crippen LogP contribution in [0, 0.1) is 6.92 Å².